The lowest BCUT2D eigenvalue weighted by molar-refractivity contribution is 0.446. The number of H-pyrrole nitrogens is 1. The van der Waals surface area contributed by atoms with E-state index in [2.05, 4.69) is 25.6 Å². The third-order valence-corrected chi connectivity index (χ3v) is 5.03. The summed E-state index contributed by atoms with van der Waals surface area (Å²) in [5.74, 6) is 0.820. The predicted molar refractivity (Wildman–Crippen MR) is 103 cm³/mol. The van der Waals surface area contributed by atoms with Crippen LogP contribution in [0, 0.1) is 0 Å². The van der Waals surface area contributed by atoms with Gasteiger partial charge in [0.05, 0.1) is 22.3 Å². The normalized spacial score (nSPS) is 15.4. The average Bonchev–Trinajstić information content (AvgIpc) is 3.08. The van der Waals surface area contributed by atoms with Crippen LogP contribution in [0.4, 0.5) is 11.6 Å². The largest absolute Gasteiger partial charge is 0.323 e. The molecule has 4 heterocycles. The molecule has 0 aliphatic carbocycles. The molecule has 8 nitrogen and oxygen atoms in total. The summed E-state index contributed by atoms with van der Waals surface area (Å²) in [6.45, 7) is 1.91. The number of benzene rings is 1. The summed E-state index contributed by atoms with van der Waals surface area (Å²) in [6, 6.07) is 9.27. The lowest BCUT2D eigenvalue weighted by Gasteiger charge is -2.23. The van der Waals surface area contributed by atoms with Gasteiger partial charge in [0, 0.05) is 24.4 Å². The van der Waals surface area contributed by atoms with Gasteiger partial charge in [0.2, 0.25) is 5.95 Å². The molecule has 3 N–H and O–H groups in total. The number of nitrogens with one attached hydrogen (secondary N) is 3. The van der Waals surface area contributed by atoms with E-state index < -0.39 is 0 Å². The molecule has 0 radical (unpaired) electrons. The Bertz CT molecular complexity index is 1160. The fraction of sp³-hybridized carbons (Fsp3) is 0.263. The monoisotopic (exact) mass is 361 g/mol. The van der Waals surface area contributed by atoms with Crippen LogP contribution in [0.2, 0.25) is 0 Å². The van der Waals surface area contributed by atoms with Crippen LogP contribution in [0.15, 0.2) is 47.5 Å². The number of rotatable bonds is 3. The molecule has 3 aromatic heterocycles. The van der Waals surface area contributed by atoms with E-state index in [9.17, 15) is 4.79 Å². The summed E-state index contributed by atoms with van der Waals surface area (Å²) < 4.78 is 1.89. The van der Waals surface area contributed by atoms with Gasteiger partial charge in [0.15, 0.2) is 0 Å². The van der Waals surface area contributed by atoms with Gasteiger partial charge >= 0.3 is 0 Å². The Kier molecular flexibility index (Phi) is 3.83. The minimum atomic E-state index is -0.108. The summed E-state index contributed by atoms with van der Waals surface area (Å²) in [5.41, 5.74) is 3.18. The summed E-state index contributed by atoms with van der Waals surface area (Å²) in [5, 5.41) is 12.2. The topological polar surface area (TPSA) is 100 Å². The molecule has 136 valence electrons. The first-order valence-electron chi connectivity index (χ1n) is 9.09. The first-order chi connectivity index (χ1) is 13.3. The summed E-state index contributed by atoms with van der Waals surface area (Å²) in [4.78, 5) is 23.8. The van der Waals surface area contributed by atoms with Crippen molar-refractivity contribution in [2.75, 3.05) is 18.4 Å². The number of hydrogen-bond acceptors (Lipinski definition) is 6. The lowest BCUT2D eigenvalue weighted by atomic mass is 9.94. The lowest BCUT2D eigenvalue weighted by Crippen LogP contribution is -2.28. The van der Waals surface area contributed by atoms with Gasteiger partial charge in [0.1, 0.15) is 5.65 Å². The molecule has 0 amide bonds. The van der Waals surface area contributed by atoms with Crippen LogP contribution in [0.25, 0.3) is 16.6 Å². The maximum Gasteiger partial charge on any atom is 0.251 e. The van der Waals surface area contributed by atoms with Crippen LogP contribution < -0.4 is 16.2 Å². The summed E-state index contributed by atoms with van der Waals surface area (Å²) in [7, 11) is 0. The molecule has 1 aliphatic heterocycles. The molecule has 0 saturated carbocycles. The van der Waals surface area contributed by atoms with Crippen molar-refractivity contribution >= 4 is 28.2 Å². The summed E-state index contributed by atoms with van der Waals surface area (Å²) in [6.07, 6.45) is 5.36. The zero-order chi connectivity index (χ0) is 18.2. The van der Waals surface area contributed by atoms with E-state index in [0.29, 0.717) is 17.5 Å². The maximum atomic E-state index is 12.4. The van der Waals surface area contributed by atoms with Crippen LogP contribution >= 0.6 is 0 Å². The number of anilines is 2. The minimum Gasteiger partial charge on any atom is -0.323 e. The smallest absolute Gasteiger partial charge is 0.251 e. The van der Waals surface area contributed by atoms with Gasteiger partial charge in [0.25, 0.3) is 5.56 Å². The molecule has 1 aliphatic rings. The van der Waals surface area contributed by atoms with E-state index in [1.165, 1.54) is 0 Å². The standard InChI is InChI=1S/C19H19N7O/c27-16-11-15(12-5-9-20-10-6-12)26-18(24-16)17-13(3-1-4-14(17)25-26)23-19-21-7-2-8-22-19/h1-4,7-8,11-12,20H,5-6,9-10H2,(H,24,27)(H,21,22,23). The van der Waals surface area contributed by atoms with Crippen LogP contribution in [0.1, 0.15) is 24.5 Å². The van der Waals surface area contributed by atoms with Crippen molar-refractivity contribution in [2.45, 2.75) is 18.8 Å². The van der Waals surface area contributed by atoms with Crippen molar-refractivity contribution in [2.24, 2.45) is 0 Å². The number of nitrogens with zero attached hydrogens (tertiary/aromatic N) is 4. The van der Waals surface area contributed by atoms with Crippen molar-refractivity contribution in [1.29, 1.82) is 0 Å². The number of fused-ring (bicyclic) bond motifs is 3. The fourth-order valence-corrected chi connectivity index (χ4v) is 3.78. The molecule has 1 fully saturated rings. The SMILES string of the molecule is O=c1cc(C2CCNCC2)n2nc3cccc(Nc4ncccn4)c3c2[nH]1. The minimum absolute atomic E-state index is 0.108. The van der Waals surface area contributed by atoms with Gasteiger partial charge in [-0.1, -0.05) is 6.07 Å². The average molecular weight is 361 g/mol. The van der Waals surface area contributed by atoms with E-state index in [0.717, 1.165) is 48.2 Å². The Hall–Kier alpha value is -3.26. The predicted octanol–water partition coefficient (Wildman–Crippen LogP) is 2.18. The van der Waals surface area contributed by atoms with Gasteiger partial charge in [-0.05, 0) is 44.1 Å². The van der Waals surface area contributed by atoms with Gasteiger partial charge < -0.3 is 15.6 Å². The number of piperidine rings is 1. The van der Waals surface area contributed by atoms with Gasteiger partial charge in [-0.15, -0.1) is 0 Å². The molecule has 0 bridgehead atoms. The number of hydrogen-bond donors (Lipinski definition) is 3. The van der Waals surface area contributed by atoms with E-state index in [-0.39, 0.29) is 5.56 Å². The van der Waals surface area contributed by atoms with E-state index in [1.807, 2.05) is 22.7 Å². The highest BCUT2D eigenvalue weighted by Crippen LogP contribution is 2.31. The van der Waals surface area contributed by atoms with Crippen LogP contribution in [-0.4, -0.2) is 37.7 Å². The molecule has 0 spiro atoms. The van der Waals surface area contributed by atoms with E-state index >= 15 is 0 Å². The third kappa shape index (κ3) is 2.83. The van der Waals surface area contributed by atoms with Gasteiger partial charge in [-0.3, -0.25) is 4.79 Å². The second-order valence-electron chi connectivity index (χ2n) is 6.74. The fourth-order valence-electron chi connectivity index (χ4n) is 3.78. The van der Waals surface area contributed by atoms with Crippen molar-refractivity contribution in [3.8, 4) is 0 Å². The van der Waals surface area contributed by atoms with Crippen LogP contribution in [0.5, 0.6) is 0 Å². The van der Waals surface area contributed by atoms with E-state index in [4.69, 9.17) is 5.10 Å². The first-order valence-corrected chi connectivity index (χ1v) is 9.09. The van der Waals surface area contributed by atoms with Crippen molar-refractivity contribution in [3.63, 3.8) is 0 Å². The summed E-state index contributed by atoms with van der Waals surface area (Å²) >= 11 is 0. The van der Waals surface area contributed by atoms with Crippen LogP contribution in [-0.2, 0) is 0 Å². The highest BCUT2D eigenvalue weighted by atomic mass is 16.1. The molecular formula is C19H19N7O. The maximum absolute atomic E-state index is 12.4. The Balaban J connectivity index is 1.71. The molecule has 4 aromatic rings. The third-order valence-electron chi connectivity index (χ3n) is 5.03. The van der Waals surface area contributed by atoms with E-state index in [1.54, 1.807) is 24.5 Å². The molecule has 5 rings (SSSR count). The molecule has 0 unspecified atom stereocenters. The number of aromatic amines is 1. The second-order valence-corrected chi connectivity index (χ2v) is 6.74. The van der Waals surface area contributed by atoms with Crippen molar-refractivity contribution in [3.05, 3.63) is 58.8 Å². The van der Waals surface area contributed by atoms with Crippen molar-refractivity contribution < 1.29 is 0 Å². The van der Waals surface area contributed by atoms with Crippen LogP contribution in [0.3, 0.4) is 0 Å². The highest BCUT2D eigenvalue weighted by molar-refractivity contribution is 6.02. The molecule has 1 saturated heterocycles. The zero-order valence-electron chi connectivity index (χ0n) is 14.6. The highest BCUT2D eigenvalue weighted by Gasteiger charge is 2.21. The second kappa shape index (κ2) is 6.48. The molecule has 1 aromatic carbocycles. The molecule has 27 heavy (non-hydrogen) atoms. The molecular weight excluding hydrogens is 342 g/mol. The van der Waals surface area contributed by atoms with Gasteiger partial charge in [-0.2, -0.15) is 5.10 Å². The Morgan fingerprint density at radius 2 is 1.93 bits per heavy atom. The molecule has 0 atom stereocenters. The zero-order valence-corrected chi connectivity index (χ0v) is 14.6. The number of aromatic nitrogens is 5. The van der Waals surface area contributed by atoms with Gasteiger partial charge in [-0.25, -0.2) is 14.5 Å². The first kappa shape index (κ1) is 16.0. The quantitative estimate of drug-likeness (QED) is 0.517. The molecule has 8 heteroatoms. The van der Waals surface area contributed by atoms with Crippen molar-refractivity contribution in [1.82, 2.24) is 29.9 Å². The Labute approximate surface area is 154 Å². The Morgan fingerprint density at radius 1 is 1.11 bits per heavy atom. The Morgan fingerprint density at radius 3 is 2.74 bits per heavy atom.